The molecule has 0 spiro atoms. The van der Waals surface area contributed by atoms with Gasteiger partial charge in [-0.05, 0) is 24.6 Å². The minimum Gasteiger partial charge on any atom is -0.469 e. The number of nitrogens with two attached hydrogens (primary N) is 1. The van der Waals surface area contributed by atoms with Crippen molar-refractivity contribution in [2.24, 2.45) is 5.73 Å². The van der Waals surface area contributed by atoms with Gasteiger partial charge in [0, 0.05) is 19.2 Å². The number of carbonyl (C=O) groups excluding carboxylic acids is 2. The lowest BCUT2D eigenvalue weighted by atomic mass is 10.0. The Kier molecular flexibility index (Phi) is 6.44. The Morgan fingerprint density at radius 3 is 2.71 bits per heavy atom. The molecule has 0 unspecified atom stereocenters. The summed E-state index contributed by atoms with van der Waals surface area (Å²) in [6.45, 7) is 2.46. The van der Waals surface area contributed by atoms with Crippen LogP contribution in [0.5, 0.6) is 0 Å². The van der Waals surface area contributed by atoms with Crippen LogP contribution < -0.4 is 5.73 Å². The van der Waals surface area contributed by atoms with Crippen LogP contribution in [0.3, 0.4) is 0 Å². The molecular formula is C16H20N2O3. The first-order chi connectivity index (χ1) is 9.99. The molecule has 0 aliphatic heterocycles. The molecule has 0 radical (unpaired) electrons. The summed E-state index contributed by atoms with van der Waals surface area (Å²) in [5, 5.41) is 0. The van der Waals surface area contributed by atoms with E-state index in [1.807, 2.05) is 19.1 Å². The number of aryl methyl sites for hydroxylation is 1. The minimum absolute atomic E-state index is 0.161. The molecule has 0 aliphatic rings. The van der Waals surface area contributed by atoms with E-state index in [-0.39, 0.29) is 24.8 Å². The number of esters is 1. The van der Waals surface area contributed by atoms with Crippen LogP contribution in [0, 0.1) is 18.8 Å². The number of amides is 1. The lowest BCUT2D eigenvalue weighted by molar-refractivity contribution is -0.140. The molecule has 1 rings (SSSR count). The Balaban J connectivity index is 2.93. The van der Waals surface area contributed by atoms with E-state index in [1.54, 1.807) is 13.1 Å². The van der Waals surface area contributed by atoms with Crippen LogP contribution in [0.15, 0.2) is 18.2 Å². The van der Waals surface area contributed by atoms with Crippen LogP contribution in [0.25, 0.3) is 0 Å². The zero-order valence-electron chi connectivity index (χ0n) is 12.6. The van der Waals surface area contributed by atoms with Crippen molar-refractivity contribution < 1.29 is 14.3 Å². The van der Waals surface area contributed by atoms with E-state index in [1.165, 1.54) is 12.0 Å². The third-order valence-corrected chi connectivity index (χ3v) is 2.96. The van der Waals surface area contributed by atoms with Gasteiger partial charge in [0.2, 0.25) is 0 Å². The fourth-order valence-corrected chi connectivity index (χ4v) is 1.76. The van der Waals surface area contributed by atoms with Crippen molar-refractivity contribution in [3.8, 4) is 11.8 Å². The molecule has 0 fully saturated rings. The highest BCUT2D eigenvalue weighted by Crippen LogP contribution is 2.13. The van der Waals surface area contributed by atoms with Crippen molar-refractivity contribution in [1.29, 1.82) is 0 Å². The Bertz CT molecular complexity index is 585. The van der Waals surface area contributed by atoms with Gasteiger partial charge in [-0.3, -0.25) is 9.59 Å². The van der Waals surface area contributed by atoms with E-state index < -0.39 is 0 Å². The molecule has 0 saturated carbocycles. The maximum absolute atomic E-state index is 12.4. The van der Waals surface area contributed by atoms with E-state index in [4.69, 9.17) is 5.73 Å². The Hall–Kier alpha value is -2.32. The van der Waals surface area contributed by atoms with Gasteiger partial charge in [0.1, 0.15) is 0 Å². The average Bonchev–Trinajstić information content (AvgIpc) is 2.49. The number of hydrogen-bond donors (Lipinski definition) is 1. The van der Waals surface area contributed by atoms with Gasteiger partial charge in [-0.25, -0.2) is 0 Å². The van der Waals surface area contributed by atoms with Crippen LogP contribution in [0.2, 0.25) is 0 Å². The number of rotatable bonds is 4. The Labute approximate surface area is 125 Å². The summed E-state index contributed by atoms with van der Waals surface area (Å²) in [6.07, 6.45) is 0.161. The smallest absolute Gasteiger partial charge is 0.307 e. The zero-order valence-corrected chi connectivity index (χ0v) is 12.6. The van der Waals surface area contributed by atoms with Crippen molar-refractivity contribution >= 4 is 11.9 Å². The summed E-state index contributed by atoms with van der Waals surface area (Å²) in [4.78, 5) is 25.0. The average molecular weight is 288 g/mol. The molecule has 1 aromatic rings. The third kappa shape index (κ3) is 4.93. The lowest BCUT2D eigenvalue weighted by Gasteiger charge is -2.17. The second-order valence-corrected chi connectivity index (χ2v) is 4.61. The summed E-state index contributed by atoms with van der Waals surface area (Å²) in [6, 6.07) is 5.45. The van der Waals surface area contributed by atoms with Crippen LogP contribution in [-0.2, 0) is 9.53 Å². The first-order valence-corrected chi connectivity index (χ1v) is 6.61. The van der Waals surface area contributed by atoms with Gasteiger partial charge in [-0.15, -0.1) is 0 Å². The Morgan fingerprint density at radius 2 is 2.10 bits per heavy atom. The molecule has 0 atom stereocenters. The topological polar surface area (TPSA) is 72.6 Å². The van der Waals surface area contributed by atoms with Gasteiger partial charge in [0.05, 0.1) is 25.6 Å². The highest BCUT2D eigenvalue weighted by atomic mass is 16.5. The van der Waals surface area contributed by atoms with Crippen LogP contribution >= 0.6 is 0 Å². The third-order valence-electron chi connectivity index (χ3n) is 2.96. The van der Waals surface area contributed by atoms with E-state index >= 15 is 0 Å². The maximum Gasteiger partial charge on any atom is 0.307 e. The quantitative estimate of drug-likeness (QED) is 0.661. The first kappa shape index (κ1) is 16.7. The molecule has 21 heavy (non-hydrogen) atoms. The zero-order chi connectivity index (χ0) is 15.8. The number of methoxy groups -OCH3 is 1. The number of nitrogens with zero attached hydrogens (tertiary/aromatic N) is 1. The fourth-order valence-electron chi connectivity index (χ4n) is 1.76. The molecule has 2 N–H and O–H groups in total. The molecule has 0 aliphatic carbocycles. The predicted octanol–water partition coefficient (Wildman–Crippen LogP) is 0.940. The van der Waals surface area contributed by atoms with Crippen LogP contribution in [0.1, 0.15) is 27.9 Å². The first-order valence-electron chi connectivity index (χ1n) is 6.61. The molecule has 5 nitrogen and oxygen atoms in total. The second kappa shape index (κ2) is 8.08. The van der Waals surface area contributed by atoms with E-state index in [0.717, 1.165) is 5.56 Å². The molecule has 112 valence electrons. The predicted molar refractivity (Wildman–Crippen MR) is 80.7 cm³/mol. The lowest BCUT2D eigenvalue weighted by Crippen LogP contribution is -2.29. The van der Waals surface area contributed by atoms with Crippen molar-refractivity contribution in [3.05, 3.63) is 34.9 Å². The summed E-state index contributed by atoms with van der Waals surface area (Å²) in [7, 11) is 2.97. The van der Waals surface area contributed by atoms with Gasteiger partial charge in [-0.1, -0.05) is 17.9 Å². The highest BCUT2D eigenvalue weighted by Gasteiger charge is 2.16. The van der Waals surface area contributed by atoms with Crippen LogP contribution in [0.4, 0.5) is 0 Å². The summed E-state index contributed by atoms with van der Waals surface area (Å²) in [5.74, 6) is 5.14. The van der Waals surface area contributed by atoms with Gasteiger partial charge >= 0.3 is 5.97 Å². The van der Waals surface area contributed by atoms with Gasteiger partial charge in [-0.2, -0.15) is 0 Å². The molecule has 0 aromatic heterocycles. The van der Waals surface area contributed by atoms with Gasteiger partial charge in [0.25, 0.3) is 5.91 Å². The number of benzene rings is 1. The number of carbonyl (C=O) groups is 2. The van der Waals surface area contributed by atoms with E-state index in [0.29, 0.717) is 17.7 Å². The summed E-state index contributed by atoms with van der Waals surface area (Å²) < 4.78 is 4.57. The SMILES string of the molecule is COC(=O)CCN(C)C(=O)c1ccc(C)cc1C#CCN. The molecule has 0 heterocycles. The molecule has 5 heteroatoms. The molecule has 1 amide bonds. The normalized spacial score (nSPS) is 9.52. The molecule has 0 bridgehead atoms. The highest BCUT2D eigenvalue weighted by molar-refractivity contribution is 5.96. The number of hydrogen-bond acceptors (Lipinski definition) is 4. The summed E-state index contributed by atoms with van der Waals surface area (Å²) in [5.41, 5.74) is 7.55. The minimum atomic E-state index is -0.346. The van der Waals surface area contributed by atoms with Crippen molar-refractivity contribution in [2.75, 3.05) is 27.2 Å². The van der Waals surface area contributed by atoms with Gasteiger partial charge < -0.3 is 15.4 Å². The van der Waals surface area contributed by atoms with Crippen molar-refractivity contribution in [1.82, 2.24) is 4.90 Å². The largest absolute Gasteiger partial charge is 0.469 e. The molecular weight excluding hydrogens is 268 g/mol. The van der Waals surface area contributed by atoms with Crippen LogP contribution in [-0.4, -0.2) is 44.0 Å². The molecule has 0 saturated heterocycles. The summed E-state index contributed by atoms with van der Waals surface area (Å²) >= 11 is 0. The maximum atomic E-state index is 12.4. The molecule has 1 aromatic carbocycles. The van der Waals surface area contributed by atoms with E-state index in [9.17, 15) is 9.59 Å². The fraction of sp³-hybridized carbons (Fsp3) is 0.375. The van der Waals surface area contributed by atoms with Gasteiger partial charge in [0.15, 0.2) is 0 Å². The standard InChI is InChI=1S/C16H20N2O3/c1-12-6-7-14(13(11-12)5-4-9-17)16(20)18(2)10-8-15(19)21-3/h6-7,11H,8-10,17H2,1-3H3. The Morgan fingerprint density at radius 1 is 1.38 bits per heavy atom. The monoisotopic (exact) mass is 288 g/mol. The van der Waals surface area contributed by atoms with E-state index in [2.05, 4.69) is 16.6 Å². The van der Waals surface area contributed by atoms with Crippen molar-refractivity contribution in [2.45, 2.75) is 13.3 Å². The second-order valence-electron chi connectivity index (χ2n) is 4.61. The number of ether oxygens (including phenoxy) is 1. The van der Waals surface area contributed by atoms with Crippen molar-refractivity contribution in [3.63, 3.8) is 0 Å².